The normalized spacial score (nSPS) is 16.0. The molecule has 0 bridgehead atoms. The van der Waals surface area contributed by atoms with Gasteiger partial charge < -0.3 is 10.6 Å². The third-order valence-electron chi connectivity index (χ3n) is 4.08. The summed E-state index contributed by atoms with van der Waals surface area (Å²) in [5.74, 6) is 0.205. The average Bonchev–Trinajstić information content (AvgIpc) is 2.79. The second-order valence-electron chi connectivity index (χ2n) is 7.17. The van der Waals surface area contributed by atoms with E-state index in [1.54, 1.807) is 0 Å². The second-order valence-corrected chi connectivity index (χ2v) is 7.17. The van der Waals surface area contributed by atoms with Crippen molar-refractivity contribution >= 4 is 11.6 Å². The fraction of sp³-hybridized carbons (Fsp3) is 0.611. The molecule has 1 aliphatic heterocycles. The molecule has 0 saturated carbocycles. The van der Waals surface area contributed by atoms with Gasteiger partial charge in [0, 0.05) is 23.7 Å². The first-order valence-corrected chi connectivity index (χ1v) is 8.02. The Bertz CT molecular complexity index is 516. The summed E-state index contributed by atoms with van der Waals surface area (Å²) in [7, 11) is 0. The van der Waals surface area contributed by atoms with Crippen LogP contribution in [0, 0.1) is 5.41 Å². The lowest BCUT2D eigenvalue weighted by Crippen LogP contribution is -2.38. The summed E-state index contributed by atoms with van der Waals surface area (Å²) < 4.78 is 0. The van der Waals surface area contributed by atoms with E-state index in [0.29, 0.717) is 0 Å². The lowest BCUT2D eigenvalue weighted by molar-refractivity contribution is -0.125. The minimum atomic E-state index is -0.330. The summed E-state index contributed by atoms with van der Waals surface area (Å²) in [4.78, 5) is 14.4. The minimum absolute atomic E-state index is 0.205. The highest BCUT2D eigenvalue weighted by Gasteiger charge is 2.32. The number of nitrogens with zero attached hydrogens (tertiary/aromatic N) is 1. The van der Waals surface area contributed by atoms with Crippen LogP contribution in [-0.4, -0.2) is 18.5 Å². The standard InChI is InChI=1S/C18H28N2O/c1-5-6-15(19)12-13-7-8-16-14(11-13)9-10-20(16)17(21)18(2,3)4/h7-8,11,15H,5-6,9-10,12,19H2,1-4H3. The molecule has 0 spiro atoms. The van der Waals surface area contributed by atoms with Crippen molar-refractivity contribution < 1.29 is 4.79 Å². The number of benzene rings is 1. The second kappa shape index (κ2) is 6.18. The Labute approximate surface area is 128 Å². The molecule has 0 aromatic heterocycles. The minimum Gasteiger partial charge on any atom is -0.327 e. The Kier molecular flexibility index (Phi) is 4.72. The number of anilines is 1. The molecular formula is C18H28N2O. The quantitative estimate of drug-likeness (QED) is 0.924. The summed E-state index contributed by atoms with van der Waals surface area (Å²) in [5, 5.41) is 0. The van der Waals surface area contributed by atoms with Gasteiger partial charge in [-0.2, -0.15) is 0 Å². The Morgan fingerprint density at radius 2 is 2.10 bits per heavy atom. The average molecular weight is 288 g/mol. The van der Waals surface area contributed by atoms with E-state index in [0.717, 1.165) is 37.9 Å². The van der Waals surface area contributed by atoms with Crippen molar-refractivity contribution in [3.05, 3.63) is 29.3 Å². The molecule has 1 aliphatic rings. The van der Waals surface area contributed by atoms with Crippen molar-refractivity contribution in [1.29, 1.82) is 0 Å². The molecule has 0 radical (unpaired) electrons. The molecule has 116 valence electrons. The lowest BCUT2D eigenvalue weighted by Gasteiger charge is -2.26. The SMILES string of the molecule is CCCC(N)Cc1ccc2c(c1)CCN2C(=O)C(C)(C)C. The van der Waals surface area contributed by atoms with Gasteiger partial charge in [0.05, 0.1) is 0 Å². The van der Waals surface area contributed by atoms with Gasteiger partial charge in [0.2, 0.25) is 5.91 Å². The largest absolute Gasteiger partial charge is 0.327 e. The third kappa shape index (κ3) is 3.65. The zero-order chi connectivity index (χ0) is 15.6. The maximum absolute atomic E-state index is 12.5. The van der Waals surface area contributed by atoms with E-state index in [-0.39, 0.29) is 17.4 Å². The van der Waals surface area contributed by atoms with E-state index in [1.165, 1.54) is 11.1 Å². The maximum Gasteiger partial charge on any atom is 0.232 e. The number of hydrogen-bond acceptors (Lipinski definition) is 2. The summed E-state index contributed by atoms with van der Waals surface area (Å²) in [6, 6.07) is 6.70. The van der Waals surface area contributed by atoms with Gasteiger partial charge in [0.25, 0.3) is 0 Å². The first kappa shape index (κ1) is 16.0. The third-order valence-corrected chi connectivity index (χ3v) is 4.08. The highest BCUT2D eigenvalue weighted by molar-refractivity contribution is 5.98. The van der Waals surface area contributed by atoms with Gasteiger partial charge in [0.15, 0.2) is 0 Å². The Morgan fingerprint density at radius 3 is 2.71 bits per heavy atom. The van der Waals surface area contributed by atoms with Gasteiger partial charge in [-0.05, 0) is 36.5 Å². The highest BCUT2D eigenvalue weighted by atomic mass is 16.2. The Hall–Kier alpha value is -1.35. The van der Waals surface area contributed by atoms with Crippen molar-refractivity contribution in [3.63, 3.8) is 0 Å². The number of amides is 1. The zero-order valence-electron chi connectivity index (χ0n) is 13.8. The van der Waals surface area contributed by atoms with E-state index in [2.05, 4.69) is 25.1 Å². The molecule has 0 fully saturated rings. The predicted molar refractivity (Wildman–Crippen MR) is 88.5 cm³/mol. The number of hydrogen-bond donors (Lipinski definition) is 1. The van der Waals surface area contributed by atoms with E-state index in [1.807, 2.05) is 25.7 Å². The van der Waals surface area contributed by atoms with Crippen LogP contribution in [0.5, 0.6) is 0 Å². The molecule has 1 unspecified atom stereocenters. The summed E-state index contributed by atoms with van der Waals surface area (Å²) in [6.07, 6.45) is 4.06. The molecule has 3 nitrogen and oxygen atoms in total. The van der Waals surface area contributed by atoms with Crippen LogP contribution in [0.2, 0.25) is 0 Å². The molecule has 1 amide bonds. The van der Waals surface area contributed by atoms with Crippen LogP contribution < -0.4 is 10.6 Å². The van der Waals surface area contributed by atoms with Crippen LogP contribution in [0.1, 0.15) is 51.7 Å². The molecule has 2 N–H and O–H groups in total. The number of carbonyl (C=O) groups excluding carboxylic acids is 1. The first-order valence-electron chi connectivity index (χ1n) is 8.02. The zero-order valence-corrected chi connectivity index (χ0v) is 13.8. The molecule has 1 aromatic carbocycles. The van der Waals surface area contributed by atoms with Crippen molar-refractivity contribution in [1.82, 2.24) is 0 Å². The Balaban J connectivity index is 2.15. The van der Waals surface area contributed by atoms with Crippen molar-refractivity contribution in [2.75, 3.05) is 11.4 Å². The molecular weight excluding hydrogens is 260 g/mol. The van der Waals surface area contributed by atoms with Crippen LogP contribution >= 0.6 is 0 Å². The predicted octanol–water partition coefficient (Wildman–Crippen LogP) is 3.29. The van der Waals surface area contributed by atoms with Crippen molar-refractivity contribution in [2.45, 2.75) is 59.4 Å². The first-order chi connectivity index (χ1) is 9.82. The maximum atomic E-state index is 12.5. The van der Waals surface area contributed by atoms with Crippen molar-refractivity contribution in [2.24, 2.45) is 11.1 Å². The summed E-state index contributed by atoms with van der Waals surface area (Å²) >= 11 is 0. The molecule has 2 rings (SSSR count). The number of carbonyl (C=O) groups is 1. The number of rotatable bonds is 4. The number of nitrogens with two attached hydrogens (primary N) is 1. The molecule has 1 aromatic rings. The fourth-order valence-corrected chi connectivity index (χ4v) is 2.97. The van der Waals surface area contributed by atoms with Crippen LogP contribution in [0.25, 0.3) is 0 Å². The molecule has 1 atom stereocenters. The van der Waals surface area contributed by atoms with Gasteiger partial charge in [-0.3, -0.25) is 4.79 Å². The van der Waals surface area contributed by atoms with Crippen LogP contribution in [0.4, 0.5) is 5.69 Å². The summed E-state index contributed by atoms with van der Waals surface area (Å²) in [6.45, 7) is 8.90. The molecule has 3 heteroatoms. The fourth-order valence-electron chi connectivity index (χ4n) is 2.97. The molecule has 0 saturated heterocycles. The van der Waals surface area contributed by atoms with Crippen LogP contribution in [0.15, 0.2) is 18.2 Å². The monoisotopic (exact) mass is 288 g/mol. The van der Waals surface area contributed by atoms with Crippen LogP contribution in [0.3, 0.4) is 0 Å². The topological polar surface area (TPSA) is 46.3 Å². The van der Waals surface area contributed by atoms with Gasteiger partial charge in [-0.15, -0.1) is 0 Å². The van der Waals surface area contributed by atoms with Crippen LogP contribution in [-0.2, 0) is 17.6 Å². The van der Waals surface area contributed by atoms with E-state index in [9.17, 15) is 4.79 Å². The van der Waals surface area contributed by atoms with Crippen molar-refractivity contribution in [3.8, 4) is 0 Å². The molecule has 21 heavy (non-hydrogen) atoms. The number of fused-ring (bicyclic) bond motifs is 1. The molecule has 1 heterocycles. The Morgan fingerprint density at radius 1 is 1.38 bits per heavy atom. The van der Waals surface area contributed by atoms with Gasteiger partial charge in [-0.1, -0.05) is 46.2 Å². The van der Waals surface area contributed by atoms with Gasteiger partial charge in [-0.25, -0.2) is 0 Å². The lowest BCUT2D eigenvalue weighted by atomic mass is 9.94. The molecule has 0 aliphatic carbocycles. The van der Waals surface area contributed by atoms with E-state index >= 15 is 0 Å². The van der Waals surface area contributed by atoms with Gasteiger partial charge in [0.1, 0.15) is 0 Å². The van der Waals surface area contributed by atoms with E-state index < -0.39 is 0 Å². The highest BCUT2D eigenvalue weighted by Crippen LogP contribution is 2.32. The van der Waals surface area contributed by atoms with E-state index in [4.69, 9.17) is 5.73 Å². The van der Waals surface area contributed by atoms with Gasteiger partial charge >= 0.3 is 0 Å². The summed E-state index contributed by atoms with van der Waals surface area (Å²) in [5.41, 5.74) is 9.46. The smallest absolute Gasteiger partial charge is 0.232 e.